The van der Waals surface area contributed by atoms with Gasteiger partial charge in [0.15, 0.2) is 28.5 Å². The Balaban J connectivity index is 1.04. The van der Waals surface area contributed by atoms with Crippen LogP contribution in [0.25, 0.3) is 67.9 Å². The Morgan fingerprint density at radius 1 is 0.734 bits per heavy atom. The SMILES string of the molecule is C=C(c1ccccc1)c1ccc(-c2nc(-c3ccc4c(c3)[nH+]c(-c3ccccc3)n4C3=CC=CCC3)nc(-c3cccc4c3SC35C=CCCC3C45)n2)cc1N=C(C)c1ccccc1. The third kappa shape index (κ3) is 6.53. The van der Waals surface area contributed by atoms with Gasteiger partial charge in [-0.25, -0.2) is 19.9 Å². The monoisotopic (exact) mass is 845 g/mol. The lowest BCUT2D eigenvalue weighted by atomic mass is 9.96. The molecule has 3 atom stereocenters. The van der Waals surface area contributed by atoms with Gasteiger partial charge in [-0.15, -0.1) is 11.8 Å². The molecule has 0 amide bonds. The van der Waals surface area contributed by atoms with Gasteiger partial charge in [0.05, 0.1) is 11.3 Å². The van der Waals surface area contributed by atoms with Crippen molar-refractivity contribution in [2.75, 3.05) is 0 Å². The lowest BCUT2D eigenvalue weighted by Gasteiger charge is -2.17. The first-order chi connectivity index (χ1) is 31.5. The average molecular weight is 846 g/mol. The number of allylic oxidation sites excluding steroid dienone is 5. The van der Waals surface area contributed by atoms with Gasteiger partial charge in [-0.1, -0.05) is 140 Å². The maximum Gasteiger partial charge on any atom is 0.292 e. The van der Waals surface area contributed by atoms with Gasteiger partial charge < -0.3 is 0 Å². The molecule has 8 aromatic rings. The largest absolute Gasteiger partial charge is 0.292 e. The minimum absolute atomic E-state index is 0.157. The number of nitrogens with zero attached hydrogens (tertiary/aromatic N) is 5. The van der Waals surface area contributed by atoms with Crippen LogP contribution in [0.1, 0.15) is 60.8 Å². The zero-order valence-corrected chi connectivity index (χ0v) is 36.4. The summed E-state index contributed by atoms with van der Waals surface area (Å²) in [5, 5.41) is 0. The number of nitrogens with one attached hydrogen (secondary N) is 1. The fraction of sp³-hybridized carbons (Fsp3) is 0.140. The van der Waals surface area contributed by atoms with Crippen molar-refractivity contribution in [3.8, 4) is 45.6 Å². The van der Waals surface area contributed by atoms with Crippen LogP contribution in [0.15, 0.2) is 192 Å². The number of aromatic amines is 1. The predicted molar refractivity (Wildman–Crippen MR) is 262 cm³/mol. The first-order valence-electron chi connectivity index (χ1n) is 22.3. The number of thioether (sulfide) groups is 1. The number of benzene rings is 6. The summed E-state index contributed by atoms with van der Waals surface area (Å²) in [4.78, 5) is 26.4. The van der Waals surface area contributed by atoms with Crippen molar-refractivity contribution in [2.45, 2.75) is 48.2 Å². The van der Waals surface area contributed by atoms with Gasteiger partial charge in [0, 0.05) is 56.0 Å². The van der Waals surface area contributed by atoms with E-state index in [0.29, 0.717) is 29.3 Å². The molecule has 0 bridgehead atoms. The smallest absolute Gasteiger partial charge is 0.252 e. The molecule has 6 nitrogen and oxygen atoms in total. The lowest BCUT2D eigenvalue weighted by molar-refractivity contribution is -0.331. The van der Waals surface area contributed by atoms with E-state index in [1.165, 1.54) is 29.0 Å². The number of aromatic nitrogens is 5. The second kappa shape index (κ2) is 15.5. The molecule has 3 aliphatic carbocycles. The molecular weight excluding hydrogens is 801 g/mol. The van der Waals surface area contributed by atoms with E-state index in [0.717, 1.165) is 85.6 Å². The van der Waals surface area contributed by atoms with Crippen molar-refractivity contribution in [3.05, 3.63) is 205 Å². The first-order valence-corrected chi connectivity index (χ1v) is 23.1. The first kappa shape index (κ1) is 38.5. The quantitative estimate of drug-likeness (QED) is 0.107. The van der Waals surface area contributed by atoms with E-state index in [1.807, 2.05) is 48.2 Å². The molecular formula is C57H45N6S+. The summed E-state index contributed by atoms with van der Waals surface area (Å²) < 4.78 is 2.53. The Morgan fingerprint density at radius 3 is 2.22 bits per heavy atom. The van der Waals surface area contributed by atoms with Crippen LogP contribution in [0.3, 0.4) is 0 Å². The molecule has 1 aliphatic heterocycles. The van der Waals surface area contributed by atoms with E-state index < -0.39 is 0 Å². The van der Waals surface area contributed by atoms with Crippen molar-refractivity contribution < 1.29 is 4.98 Å². The summed E-state index contributed by atoms with van der Waals surface area (Å²) in [6, 6.07) is 50.8. The third-order valence-corrected chi connectivity index (χ3v) is 15.1. The fourth-order valence-corrected chi connectivity index (χ4v) is 12.0. The number of fused-ring (bicyclic) bond motifs is 4. The van der Waals surface area contributed by atoms with Gasteiger partial charge in [0.2, 0.25) is 0 Å². The lowest BCUT2D eigenvalue weighted by Crippen LogP contribution is -2.08. The zero-order chi connectivity index (χ0) is 42.8. The van der Waals surface area contributed by atoms with Gasteiger partial charge in [0.1, 0.15) is 5.70 Å². The summed E-state index contributed by atoms with van der Waals surface area (Å²) in [6.07, 6.45) is 15.9. The number of hydrogen-bond donors (Lipinski definition) is 0. The standard InChI is InChI=1S/C57H44N6S/c1-36(38-18-7-3-8-19-38)44-31-29-41(34-48(44)58-37(2)39-20-9-4-10-21-39)53-60-54(62-55(61-53)46-27-17-26-45-51-47-28-15-16-33-57(47,51)64-52(45)46)42-30-32-50-49(35-42)59-56(40-22-11-5-12-23-40)63(50)43-24-13-6-14-25-43/h3-13,16-24,26-27,29-35,47,51H,1,14-15,25,28H2,2H3/p+1. The van der Waals surface area contributed by atoms with Gasteiger partial charge in [-0.05, 0) is 90.8 Å². The minimum Gasteiger partial charge on any atom is -0.252 e. The van der Waals surface area contributed by atoms with Crippen LogP contribution >= 0.6 is 11.8 Å². The predicted octanol–water partition coefficient (Wildman–Crippen LogP) is 13.6. The molecule has 0 saturated heterocycles. The average Bonchev–Trinajstić information content (AvgIpc) is 3.66. The summed E-state index contributed by atoms with van der Waals surface area (Å²) in [6.45, 7) is 6.63. The second-order valence-electron chi connectivity index (χ2n) is 17.2. The number of aliphatic imine (C=N–C) groups is 1. The molecule has 0 radical (unpaired) electrons. The molecule has 12 rings (SSSR count). The molecule has 3 heterocycles. The minimum atomic E-state index is 0.157. The van der Waals surface area contributed by atoms with Crippen LogP contribution in [-0.2, 0) is 0 Å². The van der Waals surface area contributed by atoms with E-state index in [-0.39, 0.29) is 4.75 Å². The summed E-state index contributed by atoms with van der Waals surface area (Å²) >= 11 is 2.02. The molecule has 1 N–H and O–H groups in total. The van der Waals surface area contributed by atoms with E-state index in [1.54, 1.807) is 0 Å². The van der Waals surface area contributed by atoms with Crippen molar-refractivity contribution in [1.29, 1.82) is 0 Å². The number of imidazole rings is 1. The number of rotatable bonds is 9. The molecule has 4 aliphatic rings. The van der Waals surface area contributed by atoms with E-state index in [4.69, 9.17) is 19.9 Å². The topological polar surface area (TPSA) is 70.1 Å². The van der Waals surface area contributed by atoms with E-state index in [9.17, 15) is 0 Å². The molecule has 1 fully saturated rings. The van der Waals surface area contributed by atoms with Crippen LogP contribution in [-0.4, -0.2) is 30.0 Å². The zero-order valence-electron chi connectivity index (χ0n) is 35.6. The highest BCUT2D eigenvalue weighted by Gasteiger charge is 2.68. The van der Waals surface area contributed by atoms with Crippen molar-refractivity contribution in [2.24, 2.45) is 10.9 Å². The maximum atomic E-state index is 5.36. The third-order valence-electron chi connectivity index (χ3n) is 13.4. The molecule has 308 valence electrons. The van der Waals surface area contributed by atoms with Gasteiger partial charge >= 0.3 is 0 Å². The highest BCUT2D eigenvalue weighted by atomic mass is 32.2. The molecule has 1 saturated carbocycles. The van der Waals surface area contributed by atoms with Crippen LogP contribution in [0.5, 0.6) is 0 Å². The van der Waals surface area contributed by atoms with Gasteiger partial charge in [0.25, 0.3) is 5.82 Å². The Kier molecular flexibility index (Phi) is 9.34. The summed E-state index contributed by atoms with van der Waals surface area (Å²) in [5.41, 5.74) is 14.4. The molecule has 7 heteroatoms. The van der Waals surface area contributed by atoms with E-state index in [2.05, 4.69) is 163 Å². The molecule has 3 unspecified atom stereocenters. The Labute approximate surface area is 377 Å². The molecule has 64 heavy (non-hydrogen) atoms. The van der Waals surface area contributed by atoms with Crippen molar-refractivity contribution >= 4 is 45.5 Å². The Hall–Kier alpha value is -7.22. The van der Waals surface area contributed by atoms with Crippen LogP contribution in [0, 0.1) is 5.92 Å². The van der Waals surface area contributed by atoms with Gasteiger partial charge in [-0.2, -0.15) is 4.57 Å². The van der Waals surface area contributed by atoms with Crippen LogP contribution in [0.4, 0.5) is 5.69 Å². The Bertz CT molecular complexity index is 3290. The van der Waals surface area contributed by atoms with Gasteiger partial charge in [-0.3, -0.25) is 4.99 Å². The maximum absolute atomic E-state index is 5.36. The second-order valence-corrected chi connectivity index (χ2v) is 18.5. The fourth-order valence-electron chi connectivity index (χ4n) is 10.2. The normalized spacial score (nSPS) is 19.5. The van der Waals surface area contributed by atoms with Crippen LogP contribution < -0.4 is 4.98 Å². The highest BCUT2D eigenvalue weighted by molar-refractivity contribution is 8.01. The Morgan fingerprint density at radius 2 is 1.45 bits per heavy atom. The summed E-state index contributed by atoms with van der Waals surface area (Å²) in [7, 11) is 0. The van der Waals surface area contributed by atoms with E-state index >= 15 is 0 Å². The number of hydrogen-bond acceptors (Lipinski definition) is 5. The molecule has 2 aromatic heterocycles. The molecule has 6 aromatic carbocycles. The van der Waals surface area contributed by atoms with Crippen molar-refractivity contribution in [1.82, 2.24) is 19.5 Å². The number of H-pyrrole nitrogens is 1. The highest BCUT2D eigenvalue weighted by Crippen LogP contribution is 2.77. The van der Waals surface area contributed by atoms with Crippen LogP contribution in [0.2, 0.25) is 0 Å². The summed E-state index contributed by atoms with van der Waals surface area (Å²) in [5.74, 6) is 4.18. The molecule has 1 spiro atoms. The van der Waals surface area contributed by atoms with Crippen molar-refractivity contribution in [3.63, 3.8) is 0 Å².